The number of carbonyl (C=O) groups excluding carboxylic acids is 2. The summed E-state index contributed by atoms with van der Waals surface area (Å²) in [6.45, 7) is 1.64. The topological polar surface area (TPSA) is 107 Å². The summed E-state index contributed by atoms with van der Waals surface area (Å²) in [5.41, 5.74) is 4.11. The highest BCUT2D eigenvalue weighted by Crippen LogP contribution is 2.32. The lowest BCUT2D eigenvalue weighted by Crippen LogP contribution is -2.35. The van der Waals surface area contributed by atoms with Gasteiger partial charge in [0, 0.05) is 11.1 Å². The summed E-state index contributed by atoms with van der Waals surface area (Å²) in [4.78, 5) is 24.2. The van der Waals surface area contributed by atoms with Crippen molar-refractivity contribution in [3.8, 4) is 23.0 Å². The number of nitrogens with one attached hydrogen (secondary N) is 2. The first-order valence-electron chi connectivity index (χ1n) is 8.75. The predicted molar refractivity (Wildman–Crippen MR) is 105 cm³/mol. The van der Waals surface area contributed by atoms with Gasteiger partial charge in [0.1, 0.15) is 0 Å². The van der Waals surface area contributed by atoms with E-state index in [1.54, 1.807) is 57.5 Å². The second-order valence-electron chi connectivity index (χ2n) is 6.05. The van der Waals surface area contributed by atoms with E-state index in [9.17, 15) is 9.59 Å². The number of fused-ring (bicyclic) bond motifs is 1. The van der Waals surface area contributed by atoms with Crippen LogP contribution in [0.3, 0.4) is 0 Å². The van der Waals surface area contributed by atoms with E-state index in [1.165, 1.54) is 0 Å². The Morgan fingerprint density at radius 1 is 1.00 bits per heavy atom. The molecule has 1 aliphatic rings. The van der Waals surface area contributed by atoms with Crippen LogP contribution in [-0.4, -0.2) is 45.1 Å². The van der Waals surface area contributed by atoms with Crippen LogP contribution in [0.15, 0.2) is 41.5 Å². The first-order chi connectivity index (χ1) is 14.0. The molecule has 0 aromatic heterocycles. The number of hydrogen-bond donors (Lipinski definition) is 2. The molecule has 0 bridgehead atoms. The lowest BCUT2D eigenvalue weighted by molar-refractivity contribution is -0.120. The van der Waals surface area contributed by atoms with Crippen LogP contribution in [0.5, 0.6) is 23.0 Å². The molecule has 9 heteroatoms. The third-order valence-electron chi connectivity index (χ3n) is 4.19. The largest absolute Gasteiger partial charge is 0.493 e. The van der Waals surface area contributed by atoms with Gasteiger partial charge in [-0.25, -0.2) is 5.43 Å². The molecule has 0 unspecified atom stereocenters. The second-order valence-corrected chi connectivity index (χ2v) is 6.05. The highest BCUT2D eigenvalue weighted by Gasteiger charge is 2.16. The van der Waals surface area contributed by atoms with Gasteiger partial charge in [0.15, 0.2) is 23.0 Å². The van der Waals surface area contributed by atoms with Crippen LogP contribution in [0.2, 0.25) is 0 Å². The van der Waals surface area contributed by atoms with E-state index in [0.717, 1.165) is 5.56 Å². The van der Waals surface area contributed by atoms with Crippen LogP contribution < -0.4 is 29.7 Å². The third kappa shape index (κ3) is 4.75. The molecule has 3 rings (SSSR count). The molecule has 1 aliphatic heterocycles. The maximum atomic E-state index is 12.2. The van der Waals surface area contributed by atoms with Crippen molar-refractivity contribution in [2.75, 3.05) is 27.6 Å². The molecule has 0 fully saturated rings. The highest BCUT2D eigenvalue weighted by atomic mass is 16.7. The van der Waals surface area contributed by atoms with E-state index >= 15 is 0 Å². The number of methoxy groups -OCH3 is 2. The van der Waals surface area contributed by atoms with E-state index in [0.29, 0.717) is 34.3 Å². The van der Waals surface area contributed by atoms with Crippen LogP contribution >= 0.6 is 0 Å². The predicted octanol–water partition coefficient (Wildman–Crippen LogP) is 1.70. The molecule has 9 nitrogen and oxygen atoms in total. The summed E-state index contributed by atoms with van der Waals surface area (Å²) in [6.07, 6.45) is 0. The molecule has 29 heavy (non-hydrogen) atoms. The molecule has 2 amide bonds. The first kappa shape index (κ1) is 20.0. The van der Waals surface area contributed by atoms with E-state index in [-0.39, 0.29) is 13.3 Å². The molecule has 0 radical (unpaired) electrons. The lowest BCUT2D eigenvalue weighted by atomic mass is 10.1. The van der Waals surface area contributed by atoms with Crippen LogP contribution in [0, 0.1) is 0 Å². The van der Waals surface area contributed by atoms with Gasteiger partial charge in [-0.1, -0.05) is 0 Å². The Balaban J connectivity index is 1.54. The summed E-state index contributed by atoms with van der Waals surface area (Å²) in [7, 11) is 3.09. The van der Waals surface area contributed by atoms with E-state index in [2.05, 4.69) is 15.8 Å². The van der Waals surface area contributed by atoms with Gasteiger partial charge in [0.2, 0.25) is 6.79 Å². The fourth-order valence-corrected chi connectivity index (χ4v) is 2.61. The average molecular weight is 399 g/mol. The number of rotatable bonds is 7. The molecule has 2 aromatic rings. The minimum Gasteiger partial charge on any atom is -0.493 e. The fourth-order valence-electron chi connectivity index (χ4n) is 2.61. The Labute approximate surface area is 167 Å². The molecule has 0 saturated carbocycles. The van der Waals surface area contributed by atoms with Crippen LogP contribution in [0.25, 0.3) is 0 Å². The zero-order chi connectivity index (χ0) is 20.8. The van der Waals surface area contributed by atoms with Gasteiger partial charge in [-0.05, 0) is 43.3 Å². The van der Waals surface area contributed by atoms with Gasteiger partial charge in [0.05, 0.1) is 26.5 Å². The minimum absolute atomic E-state index is 0.125. The second kappa shape index (κ2) is 8.96. The quantitative estimate of drug-likeness (QED) is 0.542. The lowest BCUT2D eigenvalue weighted by Gasteiger charge is -2.09. The number of benzene rings is 2. The monoisotopic (exact) mass is 399 g/mol. The molecular weight excluding hydrogens is 378 g/mol. The maximum Gasteiger partial charge on any atom is 0.259 e. The van der Waals surface area contributed by atoms with Gasteiger partial charge >= 0.3 is 0 Å². The van der Waals surface area contributed by atoms with E-state index in [4.69, 9.17) is 18.9 Å². The van der Waals surface area contributed by atoms with E-state index in [1.807, 2.05) is 0 Å². The number of hydrogen-bond acceptors (Lipinski definition) is 7. The Hall–Kier alpha value is -3.75. The van der Waals surface area contributed by atoms with Crippen LogP contribution in [0.4, 0.5) is 0 Å². The molecular formula is C20H21N3O6. The van der Waals surface area contributed by atoms with Crippen molar-refractivity contribution in [2.45, 2.75) is 6.92 Å². The average Bonchev–Trinajstić information content (AvgIpc) is 3.23. The van der Waals surface area contributed by atoms with Crippen molar-refractivity contribution in [1.29, 1.82) is 0 Å². The van der Waals surface area contributed by atoms with Crippen molar-refractivity contribution < 1.29 is 28.5 Å². The number of ether oxygens (including phenoxy) is 4. The number of carbonyl (C=O) groups is 2. The van der Waals surface area contributed by atoms with Crippen LogP contribution in [-0.2, 0) is 4.79 Å². The minimum atomic E-state index is -0.459. The smallest absolute Gasteiger partial charge is 0.259 e. The number of nitrogens with zero attached hydrogens (tertiary/aromatic N) is 1. The summed E-state index contributed by atoms with van der Waals surface area (Å²) < 4.78 is 20.9. The van der Waals surface area contributed by atoms with Crippen molar-refractivity contribution in [2.24, 2.45) is 5.10 Å². The van der Waals surface area contributed by atoms with Crippen molar-refractivity contribution >= 4 is 17.5 Å². The molecule has 2 aromatic carbocycles. The normalized spacial score (nSPS) is 12.3. The summed E-state index contributed by atoms with van der Waals surface area (Å²) in [5, 5.41) is 6.59. The molecule has 0 atom stereocenters. The fraction of sp³-hybridized carbons (Fsp3) is 0.250. The molecule has 0 aliphatic carbocycles. The molecule has 0 saturated heterocycles. The Morgan fingerprint density at radius 2 is 1.72 bits per heavy atom. The molecule has 1 heterocycles. The Bertz CT molecular complexity index is 957. The Morgan fingerprint density at radius 3 is 2.48 bits per heavy atom. The van der Waals surface area contributed by atoms with Crippen molar-refractivity contribution in [3.05, 3.63) is 47.5 Å². The number of amides is 2. The van der Waals surface area contributed by atoms with Gasteiger partial charge in [-0.15, -0.1) is 0 Å². The SMILES string of the molecule is COc1ccc(C(C)=NNC(=O)CNC(=O)c2ccc3c(c2)OCO3)cc1OC. The maximum absolute atomic E-state index is 12.2. The summed E-state index contributed by atoms with van der Waals surface area (Å²) in [5.74, 6) is 1.37. The van der Waals surface area contributed by atoms with E-state index < -0.39 is 11.8 Å². The first-order valence-corrected chi connectivity index (χ1v) is 8.75. The molecule has 0 spiro atoms. The van der Waals surface area contributed by atoms with Gasteiger partial charge in [0.25, 0.3) is 11.8 Å². The van der Waals surface area contributed by atoms with Crippen LogP contribution in [0.1, 0.15) is 22.8 Å². The zero-order valence-corrected chi connectivity index (χ0v) is 16.3. The van der Waals surface area contributed by atoms with Crippen molar-refractivity contribution in [3.63, 3.8) is 0 Å². The van der Waals surface area contributed by atoms with Gasteiger partial charge in [-0.3, -0.25) is 9.59 Å². The molecule has 152 valence electrons. The summed E-state index contributed by atoms with van der Waals surface area (Å²) in [6, 6.07) is 10.1. The summed E-state index contributed by atoms with van der Waals surface area (Å²) >= 11 is 0. The third-order valence-corrected chi connectivity index (χ3v) is 4.19. The van der Waals surface area contributed by atoms with Gasteiger partial charge in [-0.2, -0.15) is 5.10 Å². The number of hydrazone groups is 1. The molecule has 2 N–H and O–H groups in total. The highest BCUT2D eigenvalue weighted by molar-refractivity contribution is 6.00. The zero-order valence-electron chi connectivity index (χ0n) is 16.3. The standard InChI is InChI=1S/C20H21N3O6/c1-12(13-4-6-15(26-2)17(8-13)27-3)22-23-19(24)10-21-20(25)14-5-7-16-18(9-14)29-11-28-16/h4-9H,10-11H2,1-3H3,(H,21,25)(H,23,24). The Kier molecular flexibility index (Phi) is 6.18. The van der Waals surface area contributed by atoms with Crippen molar-refractivity contribution in [1.82, 2.24) is 10.7 Å². The van der Waals surface area contributed by atoms with Gasteiger partial charge < -0.3 is 24.3 Å².